The van der Waals surface area contributed by atoms with Gasteiger partial charge in [-0.1, -0.05) is 13.0 Å². The maximum atomic E-state index is 3.72. The van der Waals surface area contributed by atoms with E-state index in [0.29, 0.717) is 6.04 Å². The summed E-state index contributed by atoms with van der Waals surface area (Å²) >= 11 is 0. The van der Waals surface area contributed by atoms with E-state index in [2.05, 4.69) is 68.2 Å². The minimum atomic E-state index is 0.543. The minimum absolute atomic E-state index is 0.543. The zero-order valence-electron chi connectivity index (χ0n) is 14.3. The topological polar surface area (TPSA) is 18.5 Å². The lowest BCUT2D eigenvalue weighted by Gasteiger charge is -2.35. The predicted molar refractivity (Wildman–Crippen MR) is 93.4 cm³/mol. The monoisotopic (exact) mass is 289 g/mol. The fourth-order valence-corrected chi connectivity index (χ4v) is 3.33. The molecule has 1 fully saturated rings. The predicted octanol–water partition coefficient (Wildman–Crippen LogP) is 3.59. The molecule has 0 saturated carbocycles. The minimum Gasteiger partial charge on any atom is -0.382 e. The van der Waals surface area contributed by atoms with E-state index in [-0.39, 0.29) is 0 Å². The van der Waals surface area contributed by atoms with Gasteiger partial charge in [0.05, 0.1) is 0 Å². The summed E-state index contributed by atoms with van der Waals surface area (Å²) < 4.78 is 0. The first-order chi connectivity index (χ1) is 10.0. The Morgan fingerprint density at radius 3 is 2.52 bits per heavy atom. The third-order valence-electron chi connectivity index (χ3n) is 4.87. The quantitative estimate of drug-likeness (QED) is 0.893. The standard InChI is InChI=1S/C18H31N3/c1-6-21-11-9-16(10-12-21)15(3)19-17-8-7-14(2)18(13-17)20(4)5/h7-8,13,15-16,19H,6,9-12H2,1-5H3. The Labute approximate surface area is 130 Å². The van der Waals surface area contributed by atoms with E-state index >= 15 is 0 Å². The van der Waals surface area contributed by atoms with Gasteiger partial charge < -0.3 is 15.1 Å². The Kier molecular flexibility index (Phi) is 5.51. The molecule has 0 radical (unpaired) electrons. The van der Waals surface area contributed by atoms with Gasteiger partial charge in [0, 0.05) is 31.5 Å². The molecule has 1 unspecified atom stereocenters. The van der Waals surface area contributed by atoms with Gasteiger partial charge in [-0.25, -0.2) is 0 Å². The molecule has 1 heterocycles. The molecular formula is C18H31N3. The van der Waals surface area contributed by atoms with Crippen LogP contribution in [0.2, 0.25) is 0 Å². The largest absolute Gasteiger partial charge is 0.382 e. The Balaban J connectivity index is 1.96. The first-order valence-electron chi connectivity index (χ1n) is 8.28. The molecule has 2 rings (SSSR count). The lowest BCUT2D eigenvalue weighted by molar-refractivity contribution is 0.183. The van der Waals surface area contributed by atoms with Crippen molar-refractivity contribution in [3.63, 3.8) is 0 Å². The summed E-state index contributed by atoms with van der Waals surface area (Å²) in [5.74, 6) is 0.789. The van der Waals surface area contributed by atoms with Crippen LogP contribution in [0.4, 0.5) is 11.4 Å². The van der Waals surface area contributed by atoms with Crippen molar-refractivity contribution in [3.8, 4) is 0 Å². The highest BCUT2D eigenvalue weighted by Gasteiger charge is 2.23. The fourth-order valence-electron chi connectivity index (χ4n) is 3.33. The second-order valence-corrected chi connectivity index (χ2v) is 6.60. The van der Waals surface area contributed by atoms with E-state index in [1.165, 1.54) is 49.4 Å². The zero-order valence-corrected chi connectivity index (χ0v) is 14.3. The van der Waals surface area contributed by atoms with Crippen LogP contribution in [0.15, 0.2) is 18.2 Å². The van der Waals surface area contributed by atoms with E-state index < -0.39 is 0 Å². The maximum absolute atomic E-state index is 3.72. The molecular weight excluding hydrogens is 258 g/mol. The number of aryl methyl sites for hydroxylation is 1. The summed E-state index contributed by atoms with van der Waals surface area (Å²) in [5, 5.41) is 3.72. The maximum Gasteiger partial charge on any atom is 0.0411 e. The van der Waals surface area contributed by atoms with Crippen molar-refractivity contribution in [1.29, 1.82) is 0 Å². The summed E-state index contributed by atoms with van der Waals surface area (Å²) in [6, 6.07) is 7.23. The molecule has 118 valence electrons. The molecule has 3 heteroatoms. The van der Waals surface area contributed by atoms with Gasteiger partial charge in [-0.15, -0.1) is 0 Å². The van der Waals surface area contributed by atoms with Crippen LogP contribution in [0.1, 0.15) is 32.3 Å². The number of nitrogens with zero attached hydrogens (tertiary/aromatic N) is 2. The molecule has 21 heavy (non-hydrogen) atoms. The molecule has 1 aliphatic rings. The molecule has 1 N–H and O–H groups in total. The van der Waals surface area contributed by atoms with Gasteiger partial charge in [0.15, 0.2) is 0 Å². The van der Waals surface area contributed by atoms with Crippen LogP contribution >= 0.6 is 0 Å². The van der Waals surface area contributed by atoms with Crippen molar-refractivity contribution in [3.05, 3.63) is 23.8 Å². The van der Waals surface area contributed by atoms with E-state index in [0.717, 1.165) is 5.92 Å². The van der Waals surface area contributed by atoms with Crippen LogP contribution in [-0.4, -0.2) is 44.7 Å². The van der Waals surface area contributed by atoms with Crippen LogP contribution in [0, 0.1) is 12.8 Å². The van der Waals surface area contributed by atoms with Crippen molar-refractivity contribution in [1.82, 2.24) is 4.90 Å². The third-order valence-corrected chi connectivity index (χ3v) is 4.87. The van der Waals surface area contributed by atoms with Crippen LogP contribution < -0.4 is 10.2 Å². The summed E-state index contributed by atoms with van der Waals surface area (Å²) in [6.07, 6.45) is 2.63. The molecule has 0 spiro atoms. The number of nitrogens with one attached hydrogen (secondary N) is 1. The molecule has 0 aliphatic carbocycles. The lowest BCUT2D eigenvalue weighted by atomic mass is 9.90. The van der Waals surface area contributed by atoms with Crippen molar-refractivity contribution < 1.29 is 0 Å². The first kappa shape index (κ1) is 16.2. The van der Waals surface area contributed by atoms with Gasteiger partial charge in [-0.2, -0.15) is 0 Å². The van der Waals surface area contributed by atoms with Crippen LogP contribution in [0.3, 0.4) is 0 Å². The van der Waals surface area contributed by atoms with Crippen molar-refractivity contribution >= 4 is 11.4 Å². The SMILES string of the molecule is CCN1CCC(C(C)Nc2ccc(C)c(N(C)C)c2)CC1. The van der Waals surface area contributed by atoms with Gasteiger partial charge in [0.25, 0.3) is 0 Å². The Bertz CT molecular complexity index is 448. The summed E-state index contributed by atoms with van der Waals surface area (Å²) in [4.78, 5) is 4.74. The number of hydrogen-bond acceptors (Lipinski definition) is 3. The second kappa shape index (κ2) is 7.17. The smallest absolute Gasteiger partial charge is 0.0411 e. The molecule has 0 amide bonds. The van der Waals surface area contributed by atoms with E-state index in [1.807, 2.05) is 0 Å². The molecule has 1 atom stereocenters. The molecule has 3 nitrogen and oxygen atoms in total. The van der Waals surface area contributed by atoms with Crippen LogP contribution in [0.25, 0.3) is 0 Å². The zero-order chi connectivity index (χ0) is 15.4. The summed E-state index contributed by atoms with van der Waals surface area (Å²) in [6.45, 7) is 10.5. The van der Waals surface area contributed by atoms with Crippen molar-refractivity contribution in [2.45, 2.75) is 39.7 Å². The van der Waals surface area contributed by atoms with E-state index in [1.54, 1.807) is 0 Å². The van der Waals surface area contributed by atoms with Gasteiger partial charge in [-0.3, -0.25) is 0 Å². The summed E-state index contributed by atoms with van der Waals surface area (Å²) in [7, 11) is 4.21. The molecule has 1 aromatic carbocycles. The highest BCUT2D eigenvalue weighted by Crippen LogP contribution is 2.26. The van der Waals surface area contributed by atoms with E-state index in [4.69, 9.17) is 0 Å². The van der Waals surface area contributed by atoms with Gasteiger partial charge in [0.1, 0.15) is 0 Å². The Morgan fingerprint density at radius 2 is 1.95 bits per heavy atom. The number of likely N-dealkylation sites (tertiary alicyclic amines) is 1. The van der Waals surface area contributed by atoms with Gasteiger partial charge in [0.2, 0.25) is 0 Å². The highest BCUT2D eigenvalue weighted by atomic mass is 15.1. The third kappa shape index (κ3) is 4.13. The number of piperidine rings is 1. The number of benzene rings is 1. The van der Waals surface area contributed by atoms with Crippen LogP contribution in [0.5, 0.6) is 0 Å². The lowest BCUT2D eigenvalue weighted by Crippen LogP contribution is -2.39. The first-order valence-corrected chi connectivity index (χ1v) is 8.28. The molecule has 0 aromatic heterocycles. The molecule has 1 aliphatic heterocycles. The average molecular weight is 289 g/mol. The fraction of sp³-hybridized carbons (Fsp3) is 0.667. The average Bonchev–Trinajstić information content (AvgIpc) is 2.49. The van der Waals surface area contributed by atoms with E-state index in [9.17, 15) is 0 Å². The molecule has 0 bridgehead atoms. The Hall–Kier alpha value is -1.22. The Morgan fingerprint density at radius 1 is 1.29 bits per heavy atom. The van der Waals surface area contributed by atoms with Crippen LogP contribution in [-0.2, 0) is 0 Å². The van der Waals surface area contributed by atoms with Crippen molar-refractivity contribution in [2.75, 3.05) is 43.9 Å². The molecule has 1 aromatic rings. The van der Waals surface area contributed by atoms with Crippen molar-refractivity contribution in [2.24, 2.45) is 5.92 Å². The van der Waals surface area contributed by atoms with Gasteiger partial charge in [-0.05, 0) is 69.9 Å². The highest BCUT2D eigenvalue weighted by molar-refractivity contribution is 5.62. The number of rotatable bonds is 5. The summed E-state index contributed by atoms with van der Waals surface area (Å²) in [5.41, 5.74) is 3.87. The number of anilines is 2. The normalized spacial score (nSPS) is 18.5. The van der Waals surface area contributed by atoms with Gasteiger partial charge >= 0.3 is 0 Å². The second-order valence-electron chi connectivity index (χ2n) is 6.60. The number of hydrogen-bond donors (Lipinski definition) is 1. The molecule has 1 saturated heterocycles.